The molecule has 0 fully saturated rings. The van der Waals surface area contributed by atoms with Crippen molar-refractivity contribution in [3.05, 3.63) is 77.2 Å². The Bertz CT molecular complexity index is 1410. The van der Waals surface area contributed by atoms with Gasteiger partial charge < -0.3 is 10.3 Å². The number of hydrogen-bond donors (Lipinski definition) is 3. The Labute approximate surface area is 180 Å². The minimum Gasteiger partial charge on any atom is -0.338 e. The van der Waals surface area contributed by atoms with Crippen LogP contribution in [0.25, 0.3) is 45.7 Å². The van der Waals surface area contributed by atoms with Gasteiger partial charge in [0.1, 0.15) is 11.3 Å². The van der Waals surface area contributed by atoms with Crippen LogP contribution in [0.2, 0.25) is 0 Å². The standard InChI is InChI=1S/C25H24N6/c1-3-22-21(13-16(2)17-6-10-26-11-7-17)24(31-30-22)23-14-20-19(8-12-28-25(20)29-23)18-5-4-9-27-15-18/h3-6,8-9,12-15,26,30H,2,7,10-11H2,1H3,(H,28,29)/b21-13+,22-3+. The van der Waals surface area contributed by atoms with Crippen molar-refractivity contribution in [3.8, 4) is 22.5 Å². The van der Waals surface area contributed by atoms with E-state index in [2.05, 4.69) is 61.3 Å². The molecule has 31 heavy (non-hydrogen) atoms. The van der Waals surface area contributed by atoms with Crippen LogP contribution in [0.15, 0.2) is 66.7 Å². The summed E-state index contributed by atoms with van der Waals surface area (Å²) in [4.78, 5) is 12.3. The predicted molar refractivity (Wildman–Crippen MR) is 125 cm³/mol. The number of aromatic nitrogens is 5. The zero-order valence-corrected chi connectivity index (χ0v) is 17.4. The smallest absolute Gasteiger partial charge is 0.138 e. The van der Waals surface area contributed by atoms with Gasteiger partial charge in [0.2, 0.25) is 0 Å². The van der Waals surface area contributed by atoms with Crippen molar-refractivity contribution in [1.82, 2.24) is 30.5 Å². The molecule has 3 N–H and O–H groups in total. The lowest BCUT2D eigenvalue weighted by Crippen LogP contribution is -2.25. The minimum atomic E-state index is 0.826. The summed E-state index contributed by atoms with van der Waals surface area (Å²) in [6.45, 7) is 8.20. The summed E-state index contributed by atoms with van der Waals surface area (Å²) in [5, 5.41) is 14.2. The fourth-order valence-corrected chi connectivity index (χ4v) is 4.05. The Kier molecular flexibility index (Phi) is 5.06. The summed E-state index contributed by atoms with van der Waals surface area (Å²) in [6, 6.07) is 8.14. The summed E-state index contributed by atoms with van der Waals surface area (Å²) < 4.78 is 0. The summed E-state index contributed by atoms with van der Waals surface area (Å²) in [6.07, 6.45) is 12.8. The third-order valence-corrected chi connectivity index (χ3v) is 5.68. The average molecular weight is 409 g/mol. The van der Waals surface area contributed by atoms with Crippen LogP contribution in [0.3, 0.4) is 0 Å². The number of nitrogens with zero attached hydrogens (tertiary/aromatic N) is 3. The van der Waals surface area contributed by atoms with Gasteiger partial charge in [-0.3, -0.25) is 10.1 Å². The molecule has 0 radical (unpaired) electrons. The van der Waals surface area contributed by atoms with Crippen LogP contribution in [0, 0.1) is 0 Å². The quantitative estimate of drug-likeness (QED) is 0.485. The summed E-state index contributed by atoms with van der Waals surface area (Å²) >= 11 is 0. The molecule has 0 aromatic carbocycles. The van der Waals surface area contributed by atoms with E-state index in [0.717, 1.165) is 69.2 Å². The van der Waals surface area contributed by atoms with Crippen molar-refractivity contribution in [1.29, 1.82) is 0 Å². The average Bonchev–Trinajstić information content (AvgIpc) is 3.43. The third kappa shape index (κ3) is 3.62. The maximum Gasteiger partial charge on any atom is 0.138 e. The van der Waals surface area contributed by atoms with Gasteiger partial charge in [-0.05, 0) is 60.9 Å². The van der Waals surface area contributed by atoms with Gasteiger partial charge in [0.25, 0.3) is 0 Å². The highest BCUT2D eigenvalue weighted by Gasteiger charge is 2.14. The second-order valence-electron chi connectivity index (χ2n) is 7.59. The number of aromatic amines is 2. The normalized spacial score (nSPS) is 15.5. The van der Waals surface area contributed by atoms with E-state index >= 15 is 0 Å². The molecule has 1 aliphatic rings. The van der Waals surface area contributed by atoms with Gasteiger partial charge in [-0.2, -0.15) is 5.10 Å². The van der Waals surface area contributed by atoms with E-state index < -0.39 is 0 Å². The SMILES string of the molecule is C=C(/C=c1/c(-c2cc3c(-c4cccnc4)ccnc3[nH]2)n[nH]/c1=C/C)C1=CCNCC1. The second kappa shape index (κ2) is 8.16. The number of nitrogens with one attached hydrogen (secondary N) is 3. The second-order valence-corrected chi connectivity index (χ2v) is 7.59. The van der Waals surface area contributed by atoms with Crippen molar-refractivity contribution in [3.63, 3.8) is 0 Å². The van der Waals surface area contributed by atoms with E-state index in [0.29, 0.717) is 0 Å². The molecular formula is C25H24N6. The van der Waals surface area contributed by atoms with Crippen LogP contribution in [0.1, 0.15) is 13.3 Å². The number of fused-ring (bicyclic) bond motifs is 1. The maximum atomic E-state index is 4.62. The molecule has 4 aromatic rings. The first-order valence-corrected chi connectivity index (χ1v) is 10.4. The molecule has 6 nitrogen and oxygen atoms in total. The molecule has 0 atom stereocenters. The van der Waals surface area contributed by atoms with Gasteiger partial charge in [0, 0.05) is 41.3 Å². The van der Waals surface area contributed by atoms with E-state index in [9.17, 15) is 0 Å². The first-order chi connectivity index (χ1) is 15.2. The van der Waals surface area contributed by atoms with Crippen LogP contribution in [0.5, 0.6) is 0 Å². The highest BCUT2D eigenvalue weighted by Crippen LogP contribution is 2.29. The van der Waals surface area contributed by atoms with Crippen LogP contribution >= 0.6 is 0 Å². The monoisotopic (exact) mass is 408 g/mol. The van der Waals surface area contributed by atoms with Crippen molar-refractivity contribution in [2.75, 3.05) is 13.1 Å². The first kappa shape index (κ1) is 19.2. The van der Waals surface area contributed by atoms with E-state index in [4.69, 9.17) is 0 Å². The molecular weight excluding hydrogens is 384 g/mol. The molecule has 4 aromatic heterocycles. The number of pyridine rings is 2. The summed E-state index contributed by atoms with van der Waals surface area (Å²) in [5.41, 5.74) is 7.06. The number of hydrogen-bond acceptors (Lipinski definition) is 4. The van der Waals surface area contributed by atoms with Gasteiger partial charge in [-0.1, -0.05) is 24.8 Å². The molecule has 5 rings (SSSR count). The fraction of sp³-hybridized carbons (Fsp3) is 0.160. The third-order valence-electron chi connectivity index (χ3n) is 5.68. The van der Waals surface area contributed by atoms with Crippen LogP contribution in [-0.2, 0) is 0 Å². The molecule has 154 valence electrons. The van der Waals surface area contributed by atoms with Crippen molar-refractivity contribution in [2.24, 2.45) is 0 Å². The van der Waals surface area contributed by atoms with E-state index in [1.807, 2.05) is 37.5 Å². The van der Waals surface area contributed by atoms with E-state index in [1.54, 1.807) is 6.20 Å². The van der Waals surface area contributed by atoms with E-state index in [1.165, 1.54) is 5.57 Å². The molecule has 0 saturated heterocycles. The molecule has 0 spiro atoms. The van der Waals surface area contributed by atoms with Crippen LogP contribution in [0.4, 0.5) is 0 Å². The minimum absolute atomic E-state index is 0.826. The lowest BCUT2D eigenvalue weighted by Gasteiger charge is -2.13. The number of H-pyrrole nitrogens is 2. The molecule has 1 aliphatic heterocycles. The highest BCUT2D eigenvalue weighted by atomic mass is 15.1. The first-order valence-electron chi connectivity index (χ1n) is 10.4. The molecule has 0 saturated carbocycles. The lowest BCUT2D eigenvalue weighted by molar-refractivity contribution is 0.710. The zero-order chi connectivity index (χ0) is 21.2. The van der Waals surface area contributed by atoms with Gasteiger partial charge >= 0.3 is 0 Å². The Balaban J connectivity index is 1.65. The Morgan fingerprint density at radius 3 is 2.94 bits per heavy atom. The van der Waals surface area contributed by atoms with Crippen molar-refractivity contribution < 1.29 is 0 Å². The Hall–Kier alpha value is -3.77. The fourth-order valence-electron chi connectivity index (χ4n) is 4.05. The van der Waals surface area contributed by atoms with Crippen LogP contribution in [-0.4, -0.2) is 38.2 Å². The summed E-state index contributed by atoms with van der Waals surface area (Å²) in [7, 11) is 0. The summed E-state index contributed by atoms with van der Waals surface area (Å²) in [5.74, 6) is 0. The molecule has 0 bridgehead atoms. The largest absolute Gasteiger partial charge is 0.338 e. The molecule has 0 unspecified atom stereocenters. The number of rotatable bonds is 4. The Morgan fingerprint density at radius 1 is 1.23 bits per heavy atom. The predicted octanol–water partition coefficient (Wildman–Crippen LogP) is 3.07. The topological polar surface area (TPSA) is 82.3 Å². The Morgan fingerprint density at radius 2 is 2.16 bits per heavy atom. The van der Waals surface area contributed by atoms with E-state index in [-0.39, 0.29) is 0 Å². The molecule has 0 aliphatic carbocycles. The molecule has 6 heteroatoms. The number of allylic oxidation sites excluding steroid dienone is 1. The van der Waals surface area contributed by atoms with Gasteiger partial charge in [-0.15, -0.1) is 0 Å². The lowest BCUT2D eigenvalue weighted by atomic mass is 10.00. The highest BCUT2D eigenvalue weighted by molar-refractivity contribution is 5.95. The maximum absolute atomic E-state index is 4.62. The molecule has 5 heterocycles. The van der Waals surface area contributed by atoms with Crippen molar-refractivity contribution >= 4 is 23.2 Å². The zero-order valence-electron chi connectivity index (χ0n) is 17.4. The molecule has 0 amide bonds. The van der Waals surface area contributed by atoms with Crippen LogP contribution < -0.4 is 15.9 Å². The van der Waals surface area contributed by atoms with Gasteiger partial charge in [-0.25, -0.2) is 4.98 Å². The van der Waals surface area contributed by atoms with Crippen molar-refractivity contribution in [2.45, 2.75) is 13.3 Å². The van der Waals surface area contributed by atoms with Gasteiger partial charge in [0.05, 0.1) is 11.0 Å². The van der Waals surface area contributed by atoms with Gasteiger partial charge in [0.15, 0.2) is 0 Å².